The van der Waals surface area contributed by atoms with E-state index in [2.05, 4.69) is 14.8 Å². The molecule has 244 valence electrons. The average molecular weight is 651 g/mol. The highest BCUT2D eigenvalue weighted by atomic mass is 32.2. The normalized spacial score (nSPS) is 21.1. The summed E-state index contributed by atoms with van der Waals surface area (Å²) in [5, 5.41) is 15.3. The molecule has 0 aliphatic heterocycles. The van der Waals surface area contributed by atoms with Gasteiger partial charge in [-0.05, 0) is 49.3 Å². The van der Waals surface area contributed by atoms with Crippen molar-refractivity contribution in [3.63, 3.8) is 0 Å². The number of nitrogens with one attached hydrogen (secondary N) is 1. The molecule has 1 aromatic heterocycles. The summed E-state index contributed by atoms with van der Waals surface area (Å²) in [4.78, 5) is 25.2. The van der Waals surface area contributed by atoms with Gasteiger partial charge in [0.05, 0.1) is 9.73 Å². The number of rotatable bonds is 7. The van der Waals surface area contributed by atoms with E-state index in [9.17, 15) is 35.8 Å². The lowest BCUT2D eigenvalue weighted by atomic mass is 9.67. The molecule has 1 atom stereocenters. The molecule has 8 nitrogen and oxygen atoms in total. The first-order valence-corrected chi connectivity index (χ1v) is 16.3. The number of hydrogen-bond acceptors (Lipinski definition) is 5. The molecule has 4 rings (SSSR count). The Morgan fingerprint density at radius 2 is 1.66 bits per heavy atom. The van der Waals surface area contributed by atoms with Crippen molar-refractivity contribution in [2.45, 2.75) is 100 Å². The van der Waals surface area contributed by atoms with Crippen molar-refractivity contribution in [2.24, 2.45) is 9.78 Å². The van der Waals surface area contributed by atoms with E-state index in [1.807, 2.05) is 0 Å². The van der Waals surface area contributed by atoms with Gasteiger partial charge in [0.2, 0.25) is 5.92 Å². The lowest BCUT2D eigenvalue weighted by Gasteiger charge is -2.44. The zero-order valence-electron chi connectivity index (χ0n) is 24.5. The zero-order chi connectivity index (χ0) is 32.6. The van der Waals surface area contributed by atoms with Crippen molar-refractivity contribution in [1.82, 2.24) is 9.78 Å². The van der Waals surface area contributed by atoms with Crippen LogP contribution in [0.3, 0.4) is 0 Å². The number of amides is 2. The molecule has 2 aliphatic carbocycles. The third kappa shape index (κ3) is 7.64. The molecule has 2 N–H and O–H groups in total. The van der Waals surface area contributed by atoms with Gasteiger partial charge in [-0.1, -0.05) is 38.7 Å². The van der Waals surface area contributed by atoms with Crippen molar-refractivity contribution < 1.29 is 45.2 Å². The summed E-state index contributed by atoms with van der Waals surface area (Å²) in [6, 6.07) is 5.08. The first-order chi connectivity index (χ1) is 20.4. The maximum absolute atomic E-state index is 16.7. The molecule has 15 heteroatoms. The molecule has 2 fully saturated rings. The second kappa shape index (κ2) is 12.5. The van der Waals surface area contributed by atoms with E-state index >= 15 is 4.39 Å². The number of hydrogen-bond donors (Lipinski definition) is 2. The van der Waals surface area contributed by atoms with Crippen LogP contribution in [-0.2, 0) is 32.9 Å². The van der Waals surface area contributed by atoms with Crippen molar-refractivity contribution in [3.05, 3.63) is 41.2 Å². The van der Waals surface area contributed by atoms with Crippen molar-refractivity contribution >= 4 is 27.2 Å². The van der Waals surface area contributed by atoms with Crippen LogP contribution in [0.15, 0.2) is 33.5 Å². The van der Waals surface area contributed by atoms with Gasteiger partial charge >= 0.3 is 6.18 Å². The van der Waals surface area contributed by atoms with Gasteiger partial charge in [-0.15, -0.1) is 0 Å². The third-order valence-corrected chi connectivity index (χ3v) is 9.79. The van der Waals surface area contributed by atoms with E-state index in [-0.39, 0.29) is 23.4 Å². The van der Waals surface area contributed by atoms with Crippen LogP contribution < -0.4 is 5.32 Å². The maximum atomic E-state index is 16.7. The van der Waals surface area contributed by atoms with Crippen LogP contribution >= 0.6 is 0 Å². The summed E-state index contributed by atoms with van der Waals surface area (Å²) in [7, 11) is -3.40. The molecule has 44 heavy (non-hydrogen) atoms. The molecule has 0 radical (unpaired) electrons. The Labute approximate surface area is 251 Å². The molecule has 1 heterocycles. The van der Waals surface area contributed by atoms with E-state index in [1.54, 1.807) is 0 Å². The van der Waals surface area contributed by atoms with Gasteiger partial charge in [0.25, 0.3) is 11.8 Å². The lowest BCUT2D eigenvalue weighted by Crippen LogP contribution is -2.47. The van der Waals surface area contributed by atoms with Crippen LogP contribution in [0, 0.1) is 5.41 Å². The monoisotopic (exact) mass is 650 g/mol. The number of aliphatic hydroxyl groups excluding tert-OH is 1. The number of benzene rings is 1. The Hall–Kier alpha value is -2.94. The Balaban J connectivity index is 1.82. The van der Waals surface area contributed by atoms with Crippen molar-refractivity contribution in [3.8, 4) is 0 Å². The second-order valence-electron chi connectivity index (χ2n) is 12.3. The molecule has 2 saturated carbocycles. The third-order valence-electron chi connectivity index (χ3n) is 8.11. The molecule has 0 saturated heterocycles. The largest absolute Gasteiger partial charge is 0.420 e. The number of carbonyl (C=O) groups excluding carboxylic acids is 2. The number of aromatic nitrogens is 2. The summed E-state index contributed by atoms with van der Waals surface area (Å²) in [5.41, 5.74) is -7.28. The fourth-order valence-corrected chi connectivity index (χ4v) is 7.44. The minimum atomic E-state index is -5.22. The van der Waals surface area contributed by atoms with Crippen LogP contribution in [0.2, 0.25) is 0 Å². The minimum Gasteiger partial charge on any atom is -0.386 e. The number of aliphatic hydroxyl groups is 1. The van der Waals surface area contributed by atoms with E-state index in [0.717, 1.165) is 25.2 Å². The molecule has 0 bridgehead atoms. The van der Waals surface area contributed by atoms with Crippen molar-refractivity contribution in [2.75, 3.05) is 18.2 Å². The highest BCUT2D eigenvalue weighted by molar-refractivity contribution is 7.93. The minimum absolute atomic E-state index is 0.0557. The molecule has 2 aliphatic rings. The topological polar surface area (TPSA) is 114 Å². The predicted molar refractivity (Wildman–Crippen MR) is 150 cm³/mol. The highest BCUT2D eigenvalue weighted by Gasteiger charge is 2.55. The first-order valence-electron chi connectivity index (χ1n) is 14.4. The molecule has 2 aromatic rings. The Morgan fingerprint density at radius 3 is 2.20 bits per heavy atom. The number of carbonyl (C=O) groups is 2. The van der Waals surface area contributed by atoms with Gasteiger partial charge in [0.1, 0.15) is 23.6 Å². The molecule has 0 spiro atoms. The van der Waals surface area contributed by atoms with E-state index in [0.29, 0.717) is 30.4 Å². The summed E-state index contributed by atoms with van der Waals surface area (Å²) in [5.74, 6) is -5.39. The van der Waals surface area contributed by atoms with Gasteiger partial charge in [0, 0.05) is 36.2 Å². The SMILES string of the molecule is CC1(Cn2nc(C3(F)CCCCCCCC3)c(C(F)(F)F)c2C(=O)Nc2cccc(S(C)(=O)=NC(=O)CO)c2)CC(F)(F)C1. The maximum Gasteiger partial charge on any atom is 0.420 e. The van der Waals surface area contributed by atoms with E-state index < -0.39 is 87.7 Å². The summed E-state index contributed by atoms with van der Waals surface area (Å²) in [6.45, 7) is -0.0192. The molecular formula is C29H36F6N4O4S. The quantitative estimate of drug-likeness (QED) is 0.318. The summed E-state index contributed by atoms with van der Waals surface area (Å²) >= 11 is 0. The first kappa shape index (κ1) is 33.9. The zero-order valence-corrected chi connectivity index (χ0v) is 25.3. The lowest BCUT2D eigenvalue weighted by molar-refractivity contribution is -0.160. The van der Waals surface area contributed by atoms with Crippen molar-refractivity contribution in [1.29, 1.82) is 0 Å². The van der Waals surface area contributed by atoms with Crippen LogP contribution in [0.1, 0.15) is 92.9 Å². The van der Waals surface area contributed by atoms with E-state index in [1.165, 1.54) is 25.1 Å². The van der Waals surface area contributed by atoms with Crippen LogP contribution in [0.4, 0.5) is 32.0 Å². The van der Waals surface area contributed by atoms with Crippen LogP contribution in [0.5, 0.6) is 0 Å². The molecule has 2 amide bonds. The Morgan fingerprint density at radius 1 is 1.07 bits per heavy atom. The molecule has 1 unspecified atom stereocenters. The fourth-order valence-electron chi connectivity index (χ4n) is 6.21. The number of anilines is 1. The molecular weight excluding hydrogens is 614 g/mol. The van der Waals surface area contributed by atoms with Gasteiger partial charge in [-0.3, -0.25) is 14.3 Å². The average Bonchev–Trinajstić information content (AvgIpc) is 3.32. The van der Waals surface area contributed by atoms with Crippen LogP contribution in [0.25, 0.3) is 0 Å². The van der Waals surface area contributed by atoms with E-state index in [4.69, 9.17) is 5.11 Å². The fraction of sp³-hybridized carbons (Fsp3) is 0.621. The molecule has 1 aromatic carbocycles. The Kier molecular flexibility index (Phi) is 9.61. The van der Waals surface area contributed by atoms with Gasteiger partial charge in [-0.25, -0.2) is 17.4 Å². The number of halogens is 6. The number of nitrogens with zero attached hydrogens (tertiary/aromatic N) is 3. The van der Waals surface area contributed by atoms with Gasteiger partial charge in [-0.2, -0.15) is 22.6 Å². The summed E-state index contributed by atoms with van der Waals surface area (Å²) < 4.78 is 106. The second-order valence-corrected chi connectivity index (χ2v) is 14.5. The highest BCUT2D eigenvalue weighted by Crippen LogP contribution is 2.53. The predicted octanol–water partition coefficient (Wildman–Crippen LogP) is 6.86. The Bertz CT molecular complexity index is 1510. The van der Waals surface area contributed by atoms with Gasteiger partial charge < -0.3 is 10.4 Å². The smallest absolute Gasteiger partial charge is 0.386 e. The van der Waals surface area contributed by atoms with Crippen LogP contribution in [-0.4, -0.2) is 49.7 Å². The number of alkyl halides is 6. The summed E-state index contributed by atoms with van der Waals surface area (Å²) in [6.07, 6.45) is -2.31. The standard InChI is InChI=1S/C29H36F6N4O4S/c1-26(16-28(31,32)17-26)18-39-23(25(42)36-19-10-9-11-20(14-19)44(2,43)38-21(41)15-40)22(29(33,34)35)24(37-39)27(30)12-7-5-3-4-6-8-13-27/h9-11,14,40H,3-8,12-13,15-18H2,1-2H3,(H,36,42). The van der Waals surface area contributed by atoms with Gasteiger partial charge in [0.15, 0.2) is 5.67 Å².